The van der Waals surface area contributed by atoms with E-state index in [9.17, 15) is 38.4 Å². The maximum absolute atomic E-state index is 13.0. The Bertz CT molecular complexity index is 1830. The molecule has 18 nitrogen and oxygen atoms in total. The number of methoxy groups -OCH3 is 4. The maximum atomic E-state index is 13.0. The van der Waals surface area contributed by atoms with E-state index in [0.717, 1.165) is 42.3 Å². The summed E-state index contributed by atoms with van der Waals surface area (Å²) >= 11 is 0. The number of rotatable bonds is 14. The molecule has 0 saturated heterocycles. The number of hydrogen-bond acceptors (Lipinski definition) is 16. The normalized spacial score (nSPS) is 12.0. The van der Waals surface area contributed by atoms with Crippen LogP contribution in [0.1, 0.15) is 55.3 Å². The van der Waals surface area contributed by atoms with Gasteiger partial charge in [-0.25, -0.2) is 19.2 Å². The lowest BCUT2D eigenvalue weighted by molar-refractivity contribution is -0.127. The molecule has 0 radical (unpaired) electrons. The lowest BCUT2D eigenvalue weighted by Crippen LogP contribution is -2.32. The summed E-state index contributed by atoms with van der Waals surface area (Å²) in [6, 6.07) is 9.66. The number of hydrogen-bond donors (Lipinski definition) is 2. The van der Waals surface area contributed by atoms with Crippen LogP contribution in [0.15, 0.2) is 81.1 Å². The Morgan fingerprint density at radius 2 is 0.827 bits per heavy atom. The highest BCUT2D eigenvalue weighted by atomic mass is 16.5. The van der Waals surface area contributed by atoms with E-state index in [-0.39, 0.29) is 45.0 Å². The number of azo groups is 2. The Balaban J connectivity index is 1.78. The molecule has 0 heterocycles. The van der Waals surface area contributed by atoms with Gasteiger partial charge in [0.05, 0.1) is 50.7 Å². The van der Waals surface area contributed by atoms with Crippen molar-refractivity contribution in [2.24, 2.45) is 20.5 Å². The summed E-state index contributed by atoms with van der Waals surface area (Å²) in [6.07, 6.45) is 0. The van der Waals surface area contributed by atoms with E-state index >= 15 is 0 Å². The molecule has 52 heavy (non-hydrogen) atoms. The molecule has 0 aromatic heterocycles. The standard InChI is InChI=1S/C34H32N6O12/c1-17(41)27(39-37-25-15-19(31(45)49-3)7-13-23(25)33(47)51-5)29(43)35-21-9-11-22(12-10-21)36-30(44)28(18(2)42)40-38-26-16-20(32(46)50-4)8-14-24(26)34(48)52-6/h7-16,27-28H,1-6H3,(H,35,43)(H,36,44)/b39-37+,40-38+. The van der Waals surface area contributed by atoms with Crippen molar-refractivity contribution in [2.75, 3.05) is 39.1 Å². The molecule has 0 aliphatic carbocycles. The predicted octanol–water partition coefficient (Wildman–Crippen LogP) is 4.19. The fourth-order valence-corrected chi connectivity index (χ4v) is 4.22. The number of esters is 4. The minimum atomic E-state index is -1.67. The van der Waals surface area contributed by atoms with Gasteiger partial charge < -0.3 is 29.6 Å². The van der Waals surface area contributed by atoms with Crippen molar-refractivity contribution < 1.29 is 57.3 Å². The summed E-state index contributed by atoms with van der Waals surface area (Å²) in [5.41, 5.74) is -0.0939. The molecular weight excluding hydrogens is 684 g/mol. The average molecular weight is 717 g/mol. The second-order valence-electron chi connectivity index (χ2n) is 10.4. The molecule has 2 unspecified atom stereocenters. The first-order chi connectivity index (χ1) is 24.7. The fourth-order valence-electron chi connectivity index (χ4n) is 4.22. The van der Waals surface area contributed by atoms with Crippen LogP contribution in [0.25, 0.3) is 0 Å². The van der Waals surface area contributed by atoms with Crippen LogP contribution in [0.3, 0.4) is 0 Å². The number of nitrogens with zero attached hydrogens (tertiary/aromatic N) is 4. The van der Waals surface area contributed by atoms with Gasteiger partial charge in [0.2, 0.25) is 12.1 Å². The molecule has 3 aromatic carbocycles. The molecule has 2 amide bonds. The minimum Gasteiger partial charge on any atom is -0.465 e. The molecular formula is C34H32N6O12. The van der Waals surface area contributed by atoms with Crippen molar-refractivity contribution >= 4 is 70.0 Å². The first-order valence-electron chi connectivity index (χ1n) is 14.9. The first kappa shape index (κ1) is 39.5. The highest BCUT2D eigenvalue weighted by molar-refractivity contribution is 6.11. The number of benzene rings is 3. The minimum absolute atomic E-state index is 0.0240. The van der Waals surface area contributed by atoms with Crippen LogP contribution in [0.4, 0.5) is 22.7 Å². The monoisotopic (exact) mass is 716 g/mol. The van der Waals surface area contributed by atoms with Gasteiger partial charge in [0.25, 0.3) is 11.8 Å². The molecule has 0 aliphatic rings. The zero-order chi connectivity index (χ0) is 38.5. The van der Waals surface area contributed by atoms with Gasteiger partial charge in [0.15, 0.2) is 11.6 Å². The molecule has 2 atom stereocenters. The van der Waals surface area contributed by atoms with E-state index in [1.165, 1.54) is 60.7 Å². The van der Waals surface area contributed by atoms with Crippen molar-refractivity contribution in [2.45, 2.75) is 25.9 Å². The predicted molar refractivity (Wildman–Crippen MR) is 180 cm³/mol. The topological polar surface area (TPSA) is 247 Å². The molecule has 270 valence electrons. The Kier molecular flexibility index (Phi) is 13.8. The SMILES string of the molecule is COC(=O)c1ccc(C(=O)OC)c(/N=N/C(C(C)=O)C(=O)Nc2ccc(NC(=O)C(/N=N/c3cc(C(=O)OC)ccc3C(=O)OC)C(C)=O)cc2)c1. The molecule has 18 heteroatoms. The third-order valence-corrected chi connectivity index (χ3v) is 6.90. The molecule has 2 N–H and O–H groups in total. The zero-order valence-electron chi connectivity index (χ0n) is 28.6. The number of Topliss-reactive ketones (excluding diaryl/α,β-unsaturated/α-hetero) is 2. The molecule has 0 fully saturated rings. The van der Waals surface area contributed by atoms with E-state index in [2.05, 4.69) is 40.6 Å². The number of carbonyl (C=O) groups excluding carboxylic acids is 8. The van der Waals surface area contributed by atoms with Crippen molar-refractivity contribution in [1.29, 1.82) is 0 Å². The van der Waals surface area contributed by atoms with E-state index in [4.69, 9.17) is 9.47 Å². The second-order valence-corrected chi connectivity index (χ2v) is 10.4. The smallest absolute Gasteiger partial charge is 0.340 e. The van der Waals surface area contributed by atoms with Crippen molar-refractivity contribution in [3.8, 4) is 0 Å². The van der Waals surface area contributed by atoms with Gasteiger partial charge in [-0.05, 0) is 74.5 Å². The molecule has 0 bridgehead atoms. The van der Waals surface area contributed by atoms with Gasteiger partial charge in [0, 0.05) is 11.4 Å². The van der Waals surface area contributed by atoms with Crippen molar-refractivity contribution in [3.05, 3.63) is 82.9 Å². The van der Waals surface area contributed by atoms with Crippen LogP contribution in [-0.4, -0.2) is 87.8 Å². The molecule has 3 aromatic rings. The number of carbonyl (C=O) groups is 8. The highest BCUT2D eigenvalue weighted by Gasteiger charge is 2.26. The van der Waals surface area contributed by atoms with E-state index in [1.807, 2.05) is 0 Å². The fraction of sp³-hybridized carbons (Fsp3) is 0.235. The number of nitrogens with one attached hydrogen (secondary N) is 2. The third kappa shape index (κ3) is 10.0. The van der Waals surface area contributed by atoms with Gasteiger partial charge in [0.1, 0.15) is 11.4 Å². The van der Waals surface area contributed by atoms with E-state index < -0.39 is 59.3 Å². The van der Waals surface area contributed by atoms with E-state index in [1.54, 1.807) is 0 Å². The number of ketones is 2. The number of amides is 2. The molecule has 3 rings (SSSR count). The summed E-state index contributed by atoms with van der Waals surface area (Å²) < 4.78 is 18.8. The summed E-state index contributed by atoms with van der Waals surface area (Å²) in [7, 11) is 4.58. The van der Waals surface area contributed by atoms with Gasteiger partial charge in [-0.2, -0.15) is 20.5 Å². The van der Waals surface area contributed by atoms with Crippen LogP contribution in [0.5, 0.6) is 0 Å². The molecule has 0 spiro atoms. The van der Waals surface area contributed by atoms with E-state index in [0.29, 0.717) is 0 Å². The summed E-state index contributed by atoms with van der Waals surface area (Å²) in [5.74, 6) is -6.26. The first-order valence-corrected chi connectivity index (χ1v) is 14.9. The zero-order valence-corrected chi connectivity index (χ0v) is 28.6. The Hall–Kier alpha value is -6.98. The summed E-state index contributed by atoms with van der Waals surface area (Å²) in [4.78, 5) is 99.1. The Labute approximate surface area is 295 Å². The quantitative estimate of drug-likeness (QED) is 0.103. The Morgan fingerprint density at radius 1 is 0.500 bits per heavy atom. The maximum Gasteiger partial charge on any atom is 0.340 e. The Morgan fingerprint density at radius 3 is 1.12 bits per heavy atom. The third-order valence-electron chi connectivity index (χ3n) is 6.90. The number of ether oxygens (including phenoxy) is 4. The van der Waals surface area contributed by atoms with Gasteiger partial charge in [-0.3, -0.25) is 19.2 Å². The van der Waals surface area contributed by atoms with Crippen LogP contribution >= 0.6 is 0 Å². The van der Waals surface area contributed by atoms with Crippen LogP contribution in [0.2, 0.25) is 0 Å². The second kappa shape index (κ2) is 18.1. The number of anilines is 2. The van der Waals surface area contributed by atoms with Gasteiger partial charge >= 0.3 is 23.9 Å². The largest absolute Gasteiger partial charge is 0.465 e. The molecule has 0 aliphatic heterocycles. The van der Waals surface area contributed by atoms with Crippen LogP contribution < -0.4 is 10.6 Å². The lowest BCUT2D eigenvalue weighted by atomic mass is 10.1. The summed E-state index contributed by atoms with van der Waals surface area (Å²) in [6.45, 7) is 2.20. The molecule has 0 saturated carbocycles. The van der Waals surface area contributed by atoms with Crippen LogP contribution in [-0.2, 0) is 38.1 Å². The highest BCUT2D eigenvalue weighted by Crippen LogP contribution is 2.25. The van der Waals surface area contributed by atoms with Crippen molar-refractivity contribution in [3.63, 3.8) is 0 Å². The van der Waals surface area contributed by atoms with Crippen molar-refractivity contribution in [1.82, 2.24) is 0 Å². The van der Waals surface area contributed by atoms with Crippen LogP contribution in [0, 0.1) is 0 Å². The van der Waals surface area contributed by atoms with Gasteiger partial charge in [-0.15, -0.1) is 0 Å². The lowest BCUT2D eigenvalue weighted by Gasteiger charge is -2.12. The van der Waals surface area contributed by atoms with Gasteiger partial charge in [-0.1, -0.05) is 0 Å². The summed E-state index contributed by atoms with van der Waals surface area (Å²) in [5, 5.41) is 20.4. The average Bonchev–Trinajstić information content (AvgIpc) is 3.13.